The third kappa shape index (κ3) is 3.90. The molecule has 0 amide bonds. The minimum Gasteiger partial charge on any atom is -1.00 e. The van der Waals surface area contributed by atoms with E-state index < -0.39 is 21.3 Å². The molecule has 3 atom stereocenters. The van der Waals surface area contributed by atoms with E-state index in [4.69, 9.17) is 0 Å². The average Bonchev–Trinajstić information content (AvgIpc) is 3.46. The molecule has 1 aromatic rings. The summed E-state index contributed by atoms with van der Waals surface area (Å²) < 4.78 is 3.78. The molecule has 0 N–H and O–H groups in total. The zero-order valence-corrected chi connectivity index (χ0v) is 31.3. The van der Waals surface area contributed by atoms with Crippen LogP contribution in [0.25, 0.3) is 5.57 Å². The van der Waals surface area contributed by atoms with Crippen LogP contribution in [0.3, 0.4) is 0 Å². The van der Waals surface area contributed by atoms with Gasteiger partial charge in [-0.25, -0.2) is 0 Å². The van der Waals surface area contributed by atoms with Gasteiger partial charge in [0.05, 0.1) is 0 Å². The third-order valence-electron chi connectivity index (χ3n) is 13.6. The van der Waals surface area contributed by atoms with Gasteiger partial charge in [0.2, 0.25) is 0 Å². The first-order valence-corrected chi connectivity index (χ1v) is 19.1. The molecule has 0 aliphatic heterocycles. The molecular formula is C38H50Cl2Zr. The second kappa shape index (κ2) is 10.4. The molecule has 1 saturated carbocycles. The number of halogens is 2. The fourth-order valence-corrected chi connectivity index (χ4v) is 21.6. The van der Waals surface area contributed by atoms with Crippen LogP contribution in [0, 0.1) is 27.6 Å². The molecule has 5 aliphatic carbocycles. The topological polar surface area (TPSA) is 0 Å². The van der Waals surface area contributed by atoms with Crippen molar-refractivity contribution in [2.75, 3.05) is 0 Å². The molecule has 0 spiro atoms. The third-order valence-corrected chi connectivity index (χ3v) is 23.1. The number of hydrogen-bond acceptors (Lipinski definition) is 0. The van der Waals surface area contributed by atoms with E-state index in [0.717, 1.165) is 6.42 Å². The van der Waals surface area contributed by atoms with Crippen molar-refractivity contribution in [3.63, 3.8) is 0 Å². The second-order valence-electron chi connectivity index (χ2n) is 15.4. The van der Waals surface area contributed by atoms with Crippen LogP contribution in [-0.2, 0) is 27.7 Å². The Hall–Kier alpha value is -0.747. The van der Waals surface area contributed by atoms with Crippen molar-refractivity contribution in [3.05, 3.63) is 85.3 Å². The van der Waals surface area contributed by atoms with Gasteiger partial charge in [0.15, 0.2) is 0 Å². The molecule has 0 aromatic heterocycles. The number of rotatable bonds is 2. The molecule has 1 aromatic carbocycles. The van der Waals surface area contributed by atoms with E-state index in [1.165, 1.54) is 30.4 Å². The zero-order chi connectivity index (χ0) is 28.3. The summed E-state index contributed by atoms with van der Waals surface area (Å²) in [5.74, 6) is 0.575. The minimum atomic E-state index is -2.40. The number of hydrogen-bond donors (Lipinski definition) is 0. The first-order valence-electron chi connectivity index (χ1n) is 15.4. The van der Waals surface area contributed by atoms with Crippen LogP contribution in [0.2, 0.25) is 3.12 Å². The summed E-state index contributed by atoms with van der Waals surface area (Å²) in [5.41, 5.74) is 12.0. The Morgan fingerprint density at radius 2 is 1.54 bits per heavy atom. The van der Waals surface area contributed by atoms with Crippen LogP contribution in [0.15, 0.2) is 74.1 Å². The Morgan fingerprint density at radius 3 is 2.15 bits per heavy atom. The molecule has 0 heterocycles. The van der Waals surface area contributed by atoms with Crippen molar-refractivity contribution in [1.82, 2.24) is 0 Å². The Labute approximate surface area is 270 Å². The van der Waals surface area contributed by atoms with Gasteiger partial charge in [-0.3, -0.25) is 0 Å². The van der Waals surface area contributed by atoms with Crippen molar-refractivity contribution in [1.29, 1.82) is 0 Å². The first-order chi connectivity index (χ1) is 18.1. The van der Waals surface area contributed by atoms with E-state index in [1.807, 2.05) is 8.85 Å². The first kappa shape index (κ1) is 33.2. The summed E-state index contributed by atoms with van der Waals surface area (Å²) in [6.45, 7) is 28.9. The van der Waals surface area contributed by atoms with Crippen molar-refractivity contribution in [3.8, 4) is 0 Å². The van der Waals surface area contributed by atoms with Gasteiger partial charge < -0.3 is 24.8 Å². The maximum absolute atomic E-state index is 2.80. The molecule has 3 heteroatoms. The van der Waals surface area contributed by atoms with Gasteiger partial charge in [0.25, 0.3) is 0 Å². The van der Waals surface area contributed by atoms with Crippen molar-refractivity contribution in [2.24, 2.45) is 27.6 Å². The fraction of sp³-hybridized carbons (Fsp3) is 0.553. The van der Waals surface area contributed by atoms with Gasteiger partial charge in [-0.05, 0) is 0 Å². The molecule has 0 bridgehead atoms. The molecule has 0 saturated heterocycles. The van der Waals surface area contributed by atoms with Crippen LogP contribution in [0.1, 0.15) is 107 Å². The second-order valence-corrected chi connectivity index (χ2v) is 23.8. The summed E-state index contributed by atoms with van der Waals surface area (Å²) in [5, 5.41) is 0. The van der Waals surface area contributed by atoms with Gasteiger partial charge in [-0.2, -0.15) is 0 Å². The summed E-state index contributed by atoms with van der Waals surface area (Å²) in [4.78, 5) is 0. The van der Waals surface area contributed by atoms with Crippen molar-refractivity contribution < 1.29 is 46.1 Å². The molecule has 6 rings (SSSR count). The summed E-state index contributed by atoms with van der Waals surface area (Å²) in [6, 6.07) is 9.38. The van der Waals surface area contributed by atoms with E-state index in [2.05, 4.69) is 125 Å². The van der Waals surface area contributed by atoms with Crippen LogP contribution < -0.4 is 24.8 Å². The smallest absolute Gasteiger partial charge is 1.00 e. The predicted molar refractivity (Wildman–Crippen MR) is 167 cm³/mol. The summed E-state index contributed by atoms with van der Waals surface area (Å²) in [7, 11) is 0. The van der Waals surface area contributed by atoms with Gasteiger partial charge in [-0.1, -0.05) is 0 Å². The van der Waals surface area contributed by atoms with Crippen molar-refractivity contribution >= 4 is 8.78 Å². The fourth-order valence-electron chi connectivity index (χ4n) is 10.3. The van der Waals surface area contributed by atoms with E-state index >= 15 is 0 Å². The molecule has 220 valence electrons. The van der Waals surface area contributed by atoms with Gasteiger partial charge in [0, 0.05) is 0 Å². The number of benzene rings is 1. The number of fused-ring (bicyclic) bond motifs is 6. The van der Waals surface area contributed by atoms with Crippen LogP contribution in [-0.4, -0.2) is 3.21 Å². The molecule has 3 unspecified atom stereocenters. The summed E-state index contributed by atoms with van der Waals surface area (Å²) in [6.07, 6.45) is 14.9. The molecular weight excluding hydrogens is 619 g/mol. The van der Waals surface area contributed by atoms with E-state index in [9.17, 15) is 0 Å². The Balaban J connectivity index is 0.00000194. The van der Waals surface area contributed by atoms with Crippen molar-refractivity contribution in [2.45, 2.75) is 105 Å². The average molecular weight is 669 g/mol. The quantitative estimate of drug-likeness (QED) is 0.432. The largest absolute Gasteiger partial charge is 1.00 e. The van der Waals surface area contributed by atoms with E-state index in [-0.39, 0.29) is 49.6 Å². The normalized spacial score (nSPS) is 31.3. The minimum absolute atomic E-state index is 0. The summed E-state index contributed by atoms with van der Waals surface area (Å²) >= 11 is -2.40. The van der Waals surface area contributed by atoms with Crippen LogP contribution >= 0.6 is 0 Å². The Morgan fingerprint density at radius 1 is 0.878 bits per heavy atom. The predicted octanol–water partition coefficient (Wildman–Crippen LogP) is 4.62. The van der Waals surface area contributed by atoms with Crippen LogP contribution in [0.5, 0.6) is 0 Å². The van der Waals surface area contributed by atoms with Gasteiger partial charge in [-0.15, -0.1) is 0 Å². The molecule has 41 heavy (non-hydrogen) atoms. The molecule has 0 nitrogen and oxygen atoms in total. The molecule has 5 aliphatic rings. The monoisotopic (exact) mass is 666 g/mol. The standard InChI is InChI=1S/C29H37.C6H7.C3H6.2ClH.Zr/c1-18-25-22-17-19-13-9-10-14-20(19)24(22)21-15-11-12-16-23(21)29(25,8)28(6,7)27(4,5)26(18,2)3;1-6-4-2-3-5-6;1-3-2;;;/h9-11,13-15,23H,12,16-17H2,1-8H3;4-5H,2H2,1H3;1-2H3;2*1H;/q;;;;;+2/p-2. The van der Waals surface area contributed by atoms with E-state index in [0.29, 0.717) is 5.92 Å². The van der Waals surface area contributed by atoms with E-state index in [1.54, 1.807) is 25.5 Å². The number of allylic oxidation sites excluding steroid dienone is 10. The van der Waals surface area contributed by atoms with Gasteiger partial charge in [0.1, 0.15) is 0 Å². The van der Waals surface area contributed by atoms with Crippen LogP contribution in [0.4, 0.5) is 0 Å². The SMILES string of the molecule is CC1=CC[C]([Zr+2](=[C](C)C)[C]2(C)C3=C4Cc5ccccc5C4=C4C=CCCC4C3(C)C(C)(C)C(C)(C)C2(C)C)=C1.[Cl-].[Cl-]. The Bertz CT molecular complexity index is 1480. The molecule has 1 fully saturated rings. The maximum atomic E-state index is 2.80. The Kier molecular flexibility index (Phi) is 8.42. The zero-order valence-electron chi connectivity index (χ0n) is 27.3. The maximum Gasteiger partial charge on any atom is -1.00 e. The molecule has 0 radical (unpaired) electrons. The van der Waals surface area contributed by atoms with Gasteiger partial charge >= 0.3 is 248 Å².